The molecule has 3 heterocycles. The van der Waals surface area contributed by atoms with Crippen LogP contribution in [0, 0.1) is 6.92 Å². The van der Waals surface area contributed by atoms with E-state index in [0.717, 1.165) is 12.8 Å². The summed E-state index contributed by atoms with van der Waals surface area (Å²) in [7, 11) is 4.98. The number of piperidine rings is 1. The number of amides is 1. The van der Waals surface area contributed by atoms with E-state index in [0.29, 0.717) is 35.6 Å². The maximum Gasteiger partial charge on any atom is 0.391 e. The molecule has 1 N–H and O–H groups in total. The second-order valence-electron chi connectivity index (χ2n) is 7.49. The van der Waals surface area contributed by atoms with Crippen LogP contribution in [0.4, 0.5) is 4.79 Å². The molecule has 132 valence electrons. The topological polar surface area (TPSA) is 93.1 Å². The molecule has 3 rings (SSSR count). The Kier molecular flexibility index (Phi) is 4.34. The van der Waals surface area contributed by atoms with Gasteiger partial charge in [-0.2, -0.15) is 5.10 Å². The number of aromatic amines is 1. The fourth-order valence-electron chi connectivity index (χ4n) is 3.31. The first kappa shape index (κ1) is 17.5. The Morgan fingerprint density at radius 3 is 2.76 bits per heavy atom. The molecule has 0 spiro atoms. The number of fused-ring (bicyclic) bond motifs is 1. The van der Waals surface area contributed by atoms with Crippen LogP contribution in [0.15, 0.2) is 4.79 Å². The number of aryl methyl sites for hydroxylation is 1. The molecule has 1 atom stereocenters. The van der Waals surface area contributed by atoms with Crippen LogP contribution < -0.4 is 5.56 Å². The molecule has 0 saturated carbocycles. The molecule has 9 heteroatoms. The summed E-state index contributed by atoms with van der Waals surface area (Å²) < 4.78 is 6.10. The van der Waals surface area contributed by atoms with Crippen LogP contribution in [-0.2, 0) is 10.2 Å². The summed E-state index contributed by atoms with van der Waals surface area (Å²) in [4.78, 5) is 33.4. The second kappa shape index (κ2) is 6.20. The van der Waals surface area contributed by atoms with Gasteiger partial charge in [0.1, 0.15) is 11.2 Å². The normalized spacial score (nSPS) is 18.6. The first-order valence-corrected chi connectivity index (χ1v) is 8.38. The minimum absolute atomic E-state index is 0.0754. The van der Waals surface area contributed by atoms with Gasteiger partial charge in [-0.05, 0) is 40.5 Å². The van der Waals surface area contributed by atoms with E-state index in [2.05, 4.69) is 14.7 Å². The minimum Gasteiger partial charge on any atom is -0.528 e. The lowest BCUT2D eigenvalue weighted by atomic mass is 9.97. The number of hydrogen-bond donors (Lipinski definition) is 1. The van der Waals surface area contributed by atoms with Crippen LogP contribution in [0.1, 0.15) is 51.0 Å². The van der Waals surface area contributed by atoms with Gasteiger partial charge in [0.05, 0.1) is 11.2 Å². The van der Waals surface area contributed by atoms with E-state index in [4.69, 9.17) is 13.0 Å². The smallest absolute Gasteiger partial charge is 0.391 e. The van der Waals surface area contributed by atoms with Gasteiger partial charge in [-0.3, -0.25) is 4.79 Å². The molecule has 1 fully saturated rings. The summed E-state index contributed by atoms with van der Waals surface area (Å²) in [5.41, 5.74) is 0.725. The third-order valence-electron chi connectivity index (χ3n) is 4.53. The zero-order valence-electron chi connectivity index (χ0n) is 15.0. The fraction of sp³-hybridized carbons (Fsp3) is 0.625. The zero-order valence-corrected chi connectivity index (χ0v) is 15.0. The summed E-state index contributed by atoms with van der Waals surface area (Å²) in [5.74, 6) is 0.492. The van der Waals surface area contributed by atoms with E-state index < -0.39 is 6.09 Å². The number of H-pyrrole nitrogens is 1. The van der Waals surface area contributed by atoms with E-state index in [-0.39, 0.29) is 17.0 Å². The third kappa shape index (κ3) is 3.15. The number of carbonyl (C=O) groups is 1. The van der Waals surface area contributed by atoms with Crippen molar-refractivity contribution in [1.82, 2.24) is 24.6 Å². The van der Waals surface area contributed by atoms with Crippen molar-refractivity contribution in [1.29, 1.82) is 0 Å². The Morgan fingerprint density at radius 1 is 1.40 bits per heavy atom. The second-order valence-corrected chi connectivity index (χ2v) is 7.49. The first-order valence-electron chi connectivity index (χ1n) is 8.38. The van der Waals surface area contributed by atoms with Crippen molar-refractivity contribution in [2.75, 3.05) is 13.1 Å². The Hall–Kier alpha value is -2.32. The van der Waals surface area contributed by atoms with Gasteiger partial charge >= 0.3 is 14.1 Å². The Labute approximate surface area is 147 Å². The van der Waals surface area contributed by atoms with Crippen molar-refractivity contribution in [3.63, 3.8) is 0 Å². The van der Waals surface area contributed by atoms with Gasteiger partial charge in [0.2, 0.25) is 0 Å². The van der Waals surface area contributed by atoms with Gasteiger partial charge in [-0.15, -0.1) is 0 Å². The van der Waals surface area contributed by atoms with E-state index in [1.54, 1.807) is 11.6 Å². The highest BCUT2D eigenvalue weighted by molar-refractivity contribution is 6.05. The molecule has 0 aliphatic carbocycles. The van der Waals surface area contributed by atoms with Gasteiger partial charge in [-0.25, -0.2) is 14.5 Å². The number of nitrogens with one attached hydrogen (secondary N) is 1. The predicted molar refractivity (Wildman–Crippen MR) is 93.7 cm³/mol. The monoisotopic (exact) mass is 343 g/mol. The molecule has 2 aromatic rings. The van der Waals surface area contributed by atoms with Crippen molar-refractivity contribution < 1.29 is 9.45 Å². The molecular formula is C16H22BN5O3. The maximum atomic E-state index is 12.6. The lowest BCUT2D eigenvalue weighted by Gasteiger charge is -2.31. The SMILES string of the molecule is [B]OC(=O)N1CCCC(c2nc3c(c(C)nn3C(C)(C)C)c(=O)[nH]2)C1. The van der Waals surface area contributed by atoms with Crippen molar-refractivity contribution in [3.8, 4) is 0 Å². The lowest BCUT2D eigenvalue weighted by molar-refractivity contribution is 0.139. The molecule has 8 nitrogen and oxygen atoms in total. The van der Waals surface area contributed by atoms with Crippen molar-refractivity contribution in [3.05, 3.63) is 21.9 Å². The van der Waals surface area contributed by atoms with Gasteiger partial charge in [0.15, 0.2) is 5.65 Å². The van der Waals surface area contributed by atoms with E-state index >= 15 is 0 Å². The highest BCUT2D eigenvalue weighted by Crippen LogP contribution is 2.27. The van der Waals surface area contributed by atoms with Gasteiger partial charge in [0.25, 0.3) is 5.56 Å². The molecule has 1 unspecified atom stereocenters. The predicted octanol–water partition coefficient (Wildman–Crippen LogP) is 1.58. The lowest BCUT2D eigenvalue weighted by Crippen LogP contribution is -2.40. The van der Waals surface area contributed by atoms with E-state index in [1.165, 1.54) is 4.90 Å². The average molecular weight is 343 g/mol. The summed E-state index contributed by atoms with van der Waals surface area (Å²) in [6, 6.07) is 0. The van der Waals surface area contributed by atoms with Crippen molar-refractivity contribution >= 4 is 25.2 Å². The summed E-state index contributed by atoms with van der Waals surface area (Å²) >= 11 is 0. The molecule has 2 aromatic heterocycles. The van der Waals surface area contributed by atoms with Crippen molar-refractivity contribution in [2.45, 2.75) is 52.0 Å². The largest absolute Gasteiger partial charge is 0.528 e. The molecular weight excluding hydrogens is 321 g/mol. The van der Waals surface area contributed by atoms with Gasteiger partial charge in [-0.1, -0.05) is 0 Å². The molecule has 0 bridgehead atoms. The molecule has 1 saturated heterocycles. The van der Waals surface area contributed by atoms with Crippen molar-refractivity contribution in [2.24, 2.45) is 0 Å². The summed E-state index contributed by atoms with van der Waals surface area (Å²) in [6.45, 7) is 8.84. The highest BCUT2D eigenvalue weighted by Gasteiger charge is 2.28. The molecule has 1 aliphatic rings. The number of likely N-dealkylation sites (tertiary alicyclic amines) is 1. The quantitative estimate of drug-likeness (QED) is 0.794. The number of aromatic nitrogens is 4. The molecule has 1 amide bonds. The van der Waals surface area contributed by atoms with Gasteiger partial charge in [0, 0.05) is 19.0 Å². The number of nitrogens with zero attached hydrogens (tertiary/aromatic N) is 4. The zero-order chi connectivity index (χ0) is 18.4. The van der Waals surface area contributed by atoms with Crippen LogP contribution in [0.2, 0.25) is 0 Å². The Morgan fingerprint density at radius 2 is 2.12 bits per heavy atom. The number of rotatable bonds is 1. The molecule has 25 heavy (non-hydrogen) atoms. The average Bonchev–Trinajstić information content (AvgIpc) is 2.91. The molecule has 1 aliphatic heterocycles. The molecule has 2 radical (unpaired) electrons. The molecule has 0 aromatic carbocycles. The van der Waals surface area contributed by atoms with Crippen LogP contribution in [0.3, 0.4) is 0 Å². The minimum atomic E-state index is -0.566. The Bertz CT molecular complexity index is 867. The number of carbonyl (C=O) groups excluding carboxylic acids is 1. The van der Waals surface area contributed by atoms with Crippen LogP contribution in [-0.4, -0.2) is 51.9 Å². The van der Waals surface area contributed by atoms with E-state index in [9.17, 15) is 9.59 Å². The van der Waals surface area contributed by atoms with E-state index in [1.807, 2.05) is 20.8 Å². The number of hydrogen-bond acceptors (Lipinski definition) is 5. The Balaban J connectivity index is 2.06. The third-order valence-corrected chi connectivity index (χ3v) is 4.53. The first-order chi connectivity index (χ1) is 11.7. The fourth-order valence-corrected chi connectivity index (χ4v) is 3.31. The van der Waals surface area contributed by atoms with Gasteiger partial charge < -0.3 is 14.5 Å². The summed E-state index contributed by atoms with van der Waals surface area (Å²) in [6.07, 6.45) is 1.05. The van der Waals surface area contributed by atoms with Crippen LogP contribution >= 0.6 is 0 Å². The van der Waals surface area contributed by atoms with Crippen LogP contribution in [0.25, 0.3) is 11.0 Å². The highest BCUT2D eigenvalue weighted by atomic mass is 16.5. The summed E-state index contributed by atoms with van der Waals surface area (Å²) in [5, 5.41) is 5.00. The standard InChI is InChI=1S/C16H22BN5O3/c1-9-11-13(22(20-9)16(2,3)4)18-12(19-14(11)23)10-6-5-7-21(8-10)15(24)25-17/h10H,5-8H2,1-4H3,(H,18,19,23). The van der Waals surface area contributed by atoms with Crippen LogP contribution in [0.5, 0.6) is 0 Å². The maximum absolute atomic E-state index is 12.6.